The van der Waals surface area contributed by atoms with Gasteiger partial charge in [-0.2, -0.15) is 0 Å². The number of halogens is 1. The molecule has 0 atom stereocenters. The Hall–Kier alpha value is -3.35. The van der Waals surface area contributed by atoms with E-state index in [-0.39, 0.29) is 17.4 Å². The molecule has 1 amide bonds. The van der Waals surface area contributed by atoms with Crippen LogP contribution < -0.4 is 10.6 Å². The van der Waals surface area contributed by atoms with E-state index in [0.29, 0.717) is 18.1 Å². The molecule has 0 aliphatic rings. The van der Waals surface area contributed by atoms with Gasteiger partial charge in [-0.15, -0.1) is 10.2 Å². The fourth-order valence-electron chi connectivity index (χ4n) is 2.01. The molecule has 1 aromatic carbocycles. The monoisotopic (exact) mass is 323 g/mol. The Bertz CT molecular complexity index is 824. The van der Waals surface area contributed by atoms with Crippen LogP contribution in [0.25, 0.3) is 0 Å². The molecule has 120 valence electrons. The predicted octanol–water partition coefficient (Wildman–Crippen LogP) is 2.68. The van der Waals surface area contributed by atoms with E-state index in [1.807, 2.05) is 12.1 Å². The number of anilines is 2. The number of hydrogen-bond donors (Lipinski definition) is 2. The minimum absolute atomic E-state index is 0.203. The minimum atomic E-state index is -0.347. The largest absolute Gasteiger partial charge is 0.347 e. The van der Waals surface area contributed by atoms with Gasteiger partial charge in [0, 0.05) is 24.6 Å². The van der Waals surface area contributed by atoms with Crippen LogP contribution in [-0.4, -0.2) is 21.1 Å². The first-order valence-electron chi connectivity index (χ1n) is 7.24. The molecule has 0 unspecified atom stereocenters. The van der Waals surface area contributed by atoms with Crippen molar-refractivity contribution in [3.63, 3.8) is 0 Å². The summed E-state index contributed by atoms with van der Waals surface area (Å²) in [5, 5.41) is 13.5. The van der Waals surface area contributed by atoms with Crippen LogP contribution >= 0.6 is 0 Å². The Labute approximate surface area is 137 Å². The molecule has 2 heterocycles. The zero-order chi connectivity index (χ0) is 16.8. The highest BCUT2D eigenvalue weighted by atomic mass is 19.1. The average molecular weight is 323 g/mol. The molecular weight excluding hydrogens is 309 g/mol. The maximum atomic E-state index is 13.1. The summed E-state index contributed by atoms with van der Waals surface area (Å²) >= 11 is 0. The number of pyridine rings is 1. The molecule has 2 N–H and O–H groups in total. The van der Waals surface area contributed by atoms with Gasteiger partial charge >= 0.3 is 0 Å². The molecular formula is C17H14FN5O. The van der Waals surface area contributed by atoms with E-state index in [1.54, 1.807) is 36.7 Å². The zero-order valence-corrected chi connectivity index (χ0v) is 12.6. The molecule has 0 radical (unpaired) electrons. The summed E-state index contributed by atoms with van der Waals surface area (Å²) in [5.41, 5.74) is 1.70. The van der Waals surface area contributed by atoms with E-state index in [1.165, 1.54) is 12.1 Å². The van der Waals surface area contributed by atoms with Gasteiger partial charge in [0.15, 0.2) is 11.5 Å². The highest BCUT2D eigenvalue weighted by Gasteiger charge is 2.08. The highest BCUT2D eigenvalue weighted by Crippen LogP contribution is 2.14. The standard InChI is InChI=1S/C17H14FN5O/c18-13-2-1-3-14(10-13)21-16-5-4-15(22-23-16)17(24)20-11-12-6-8-19-9-7-12/h1-10H,11H2,(H,20,24)(H,21,23). The van der Waals surface area contributed by atoms with E-state index in [9.17, 15) is 9.18 Å². The number of rotatable bonds is 5. The fraction of sp³-hybridized carbons (Fsp3) is 0.0588. The molecule has 2 aromatic heterocycles. The maximum absolute atomic E-state index is 13.1. The number of nitrogens with one attached hydrogen (secondary N) is 2. The molecule has 6 nitrogen and oxygen atoms in total. The van der Waals surface area contributed by atoms with Crippen molar-refractivity contribution in [1.82, 2.24) is 20.5 Å². The molecule has 0 saturated carbocycles. The topological polar surface area (TPSA) is 79.8 Å². The second-order valence-corrected chi connectivity index (χ2v) is 4.98. The first-order valence-corrected chi connectivity index (χ1v) is 7.24. The Morgan fingerprint density at radius 2 is 1.88 bits per heavy atom. The molecule has 0 aliphatic heterocycles. The summed E-state index contributed by atoms with van der Waals surface area (Å²) in [6.45, 7) is 0.381. The van der Waals surface area contributed by atoms with Gasteiger partial charge in [0.2, 0.25) is 0 Å². The SMILES string of the molecule is O=C(NCc1ccncc1)c1ccc(Nc2cccc(F)c2)nn1. The number of nitrogens with zero attached hydrogens (tertiary/aromatic N) is 3. The third-order valence-corrected chi connectivity index (χ3v) is 3.20. The van der Waals surface area contributed by atoms with E-state index >= 15 is 0 Å². The molecule has 0 bridgehead atoms. The van der Waals surface area contributed by atoms with Crippen LogP contribution in [0.15, 0.2) is 60.9 Å². The smallest absolute Gasteiger partial charge is 0.272 e. The maximum Gasteiger partial charge on any atom is 0.272 e. The average Bonchev–Trinajstić information content (AvgIpc) is 2.61. The molecule has 0 spiro atoms. The summed E-state index contributed by atoms with van der Waals surface area (Å²) in [4.78, 5) is 15.9. The van der Waals surface area contributed by atoms with E-state index in [4.69, 9.17) is 0 Å². The minimum Gasteiger partial charge on any atom is -0.347 e. The van der Waals surface area contributed by atoms with Crippen LogP contribution in [0, 0.1) is 5.82 Å². The summed E-state index contributed by atoms with van der Waals surface area (Å²) < 4.78 is 13.1. The van der Waals surface area contributed by atoms with Crippen LogP contribution in [0.4, 0.5) is 15.9 Å². The van der Waals surface area contributed by atoms with E-state index in [0.717, 1.165) is 5.56 Å². The Morgan fingerprint density at radius 3 is 2.58 bits per heavy atom. The lowest BCUT2D eigenvalue weighted by Gasteiger charge is -2.06. The lowest BCUT2D eigenvalue weighted by atomic mass is 10.2. The zero-order valence-electron chi connectivity index (χ0n) is 12.6. The van der Waals surface area contributed by atoms with Gasteiger partial charge in [0.05, 0.1) is 0 Å². The van der Waals surface area contributed by atoms with Gasteiger partial charge in [-0.05, 0) is 48.0 Å². The van der Waals surface area contributed by atoms with Crippen molar-refractivity contribution in [3.8, 4) is 0 Å². The Morgan fingerprint density at radius 1 is 1.04 bits per heavy atom. The van der Waals surface area contributed by atoms with Crippen molar-refractivity contribution < 1.29 is 9.18 Å². The first-order chi connectivity index (χ1) is 11.7. The molecule has 0 saturated heterocycles. The molecule has 0 fully saturated rings. The van der Waals surface area contributed by atoms with Gasteiger partial charge < -0.3 is 10.6 Å². The van der Waals surface area contributed by atoms with E-state index < -0.39 is 0 Å². The highest BCUT2D eigenvalue weighted by molar-refractivity contribution is 5.92. The van der Waals surface area contributed by atoms with Crippen LogP contribution in [0.2, 0.25) is 0 Å². The van der Waals surface area contributed by atoms with Crippen molar-refractivity contribution in [3.05, 3.63) is 78.0 Å². The second-order valence-electron chi connectivity index (χ2n) is 4.98. The quantitative estimate of drug-likeness (QED) is 0.754. The van der Waals surface area contributed by atoms with Crippen molar-refractivity contribution >= 4 is 17.4 Å². The number of aromatic nitrogens is 3. The molecule has 7 heteroatoms. The van der Waals surface area contributed by atoms with Crippen molar-refractivity contribution in [2.45, 2.75) is 6.54 Å². The van der Waals surface area contributed by atoms with Gasteiger partial charge in [0.25, 0.3) is 5.91 Å². The Kier molecular flexibility index (Phi) is 4.71. The van der Waals surface area contributed by atoms with Crippen LogP contribution in [0.1, 0.15) is 16.1 Å². The molecule has 3 aromatic rings. The summed E-state index contributed by atoms with van der Waals surface area (Å²) in [5.74, 6) is -0.247. The normalized spacial score (nSPS) is 10.2. The first kappa shape index (κ1) is 15.5. The van der Waals surface area contributed by atoms with Gasteiger partial charge in [-0.1, -0.05) is 6.07 Å². The van der Waals surface area contributed by atoms with Crippen LogP contribution in [-0.2, 0) is 6.54 Å². The second kappa shape index (κ2) is 7.28. The third-order valence-electron chi connectivity index (χ3n) is 3.20. The number of hydrogen-bond acceptors (Lipinski definition) is 5. The van der Waals surface area contributed by atoms with Crippen LogP contribution in [0.5, 0.6) is 0 Å². The lowest BCUT2D eigenvalue weighted by Crippen LogP contribution is -2.24. The summed E-state index contributed by atoms with van der Waals surface area (Å²) in [7, 11) is 0. The van der Waals surface area contributed by atoms with Crippen molar-refractivity contribution in [1.29, 1.82) is 0 Å². The molecule has 0 aliphatic carbocycles. The van der Waals surface area contributed by atoms with E-state index in [2.05, 4.69) is 25.8 Å². The summed E-state index contributed by atoms with van der Waals surface area (Å²) in [6.07, 6.45) is 3.32. The van der Waals surface area contributed by atoms with Crippen molar-refractivity contribution in [2.75, 3.05) is 5.32 Å². The van der Waals surface area contributed by atoms with Crippen molar-refractivity contribution in [2.24, 2.45) is 0 Å². The number of carbonyl (C=O) groups excluding carboxylic acids is 1. The predicted molar refractivity (Wildman–Crippen MR) is 87.1 cm³/mol. The van der Waals surface area contributed by atoms with Gasteiger partial charge in [-0.3, -0.25) is 9.78 Å². The van der Waals surface area contributed by atoms with Gasteiger partial charge in [-0.25, -0.2) is 4.39 Å². The number of carbonyl (C=O) groups is 1. The number of benzene rings is 1. The Balaban J connectivity index is 1.60. The van der Waals surface area contributed by atoms with Crippen LogP contribution in [0.3, 0.4) is 0 Å². The summed E-state index contributed by atoms with van der Waals surface area (Å²) in [6, 6.07) is 12.8. The third kappa shape index (κ3) is 4.10. The lowest BCUT2D eigenvalue weighted by molar-refractivity contribution is 0.0945. The molecule has 3 rings (SSSR count). The fourth-order valence-corrected chi connectivity index (χ4v) is 2.01. The number of amides is 1. The van der Waals surface area contributed by atoms with Gasteiger partial charge in [0.1, 0.15) is 5.82 Å². The molecule has 24 heavy (non-hydrogen) atoms.